The molecular weight excluding hydrogens is 403 g/mol. The summed E-state index contributed by atoms with van der Waals surface area (Å²) in [5.41, 5.74) is 11.4. The number of unbranched alkanes of at least 4 members (excludes halogenated alkanes) is 1. The SMILES string of the molecule is N=C(Cc1cc(Cl)c(OCCCN)c(Cl)c1)C(=O)NCCCCNCC(N)=[NH2+]. The normalized spacial score (nSPS) is 10.5. The fraction of sp³-hybridized carbons (Fsp3) is 0.500. The lowest BCUT2D eigenvalue weighted by molar-refractivity contribution is -0.117. The second-order valence-electron chi connectivity index (χ2n) is 6.25. The molecule has 0 unspecified atom stereocenters. The number of carbonyl (C=O) groups is 1. The zero-order valence-electron chi connectivity index (χ0n) is 15.8. The van der Waals surface area contributed by atoms with Crippen LogP contribution in [0.3, 0.4) is 0 Å². The Kier molecular flexibility index (Phi) is 11.5. The molecule has 0 radical (unpaired) electrons. The van der Waals surface area contributed by atoms with Gasteiger partial charge < -0.3 is 21.1 Å². The van der Waals surface area contributed by atoms with E-state index in [1.54, 1.807) is 12.1 Å². The maximum atomic E-state index is 12.0. The molecule has 0 aliphatic carbocycles. The van der Waals surface area contributed by atoms with Gasteiger partial charge in [0.05, 0.1) is 23.2 Å². The standard InChI is InChI=1S/C18H28Cl2N6O2/c19-13-8-12(9-14(20)17(13)28-7-3-4-21)10-15(22)18(27)26-6-2-1-5-25-11-16(23)24/h8-9,22,25H,1-7,10-11,21H2,(H3,23,24)(H,26,27)/p+1. The van der Waals surface area contributed by atoms with Gasteiger partial charge in [0.15, 0.2) is 5.75 Å². The highest BCUT2D eigenvalue weighted by Gasteiger charge is 2.14. The maximum Gasteiger partial charge on any atom is 0.265 e. The predicted molar refractivity (Wildman–Crippen MR) is 113 cm³/mol. The summed E-state index contributed by atoms with van der Waals surface area (Å²) < 4.78 is 5.52. The van der Waals surface area contributed by atoms with Gasteiger partial charge in [0.2, 0.25) is 0 Å². The highest BCUT2D eigenvalue weighted by molar-refractivity contribution is 6.39. The van der Waals surface area contributed by atoms with E-state index in [4.69, 9.17) is 50.2 Å². The molecule has 1 aromatic carbocycles. The van der Waals surface area contributed by atoms with Crippen LogP contribution in [0, 0.1) is 5.41 Å². The van der Waals surface area contributed by atoms with Crippen molar-refractivity contribution in [2.45, 2.75) is 25.7 Å². The molecule has 9 N–H and O–H groups in total. The molecule has 0 aromatic heterocycles. The fourth-order valence-corrected chi connectivity index (χ4v) is 2.95. The van der Waals surface area contributed by atoms with Gasteiger partial charge in [-0.05, 0) is 50.0 Å². The Bertz CT molecular complexity index is 661. The summed E-state index contributed by atoms with van der Waals surface area (Å²) in [6.45, 7) is 2.64. The van der Waals surface area contributed by atoms with E-state index in [9.17, 15) is 4.79 Å². The van der Waals surface area contributed by atoms with E-state index in [1.807, 2.05) is 0 Å². The van der Waals surface area contributed by atoms with Crippen LogP contribution < -0.4 is 32.2 Å². The number of amidine groups is 1. The van der Waals surface area contributed by atoms with Crippen LogP contribution in [0.4, 0.5) is 0 Å². The number of amides is 1. The molecule has 156 valence electrons. The molecule has 0 aliphatic rings. The monoisotopic (exact) mass is 431 g/mol. The highest BCUT2D eigenvalue weighted by Crippen LogP contribution is 2.34. The Hall–Kier alpha value is -1.87. The molecule has 0 bridgehead atoms. The summed E-state index contributed by atoms with van der Waals surface area (Å²) in [7, 11) is 0. The van der Waals surface area contributed by atoms with E-state index >= 15 is 0 Å². The van der Waals surface area contributed by atoms with E-state index in [0.29, 0.717) is 59.9 Å². The van der Waals surface area contributed by atoms with Gasteiger partial charge in [-0.1, -0.05) is 23.2 Å². The molecule has 0 fully saturated rings. The molecule has 1 amide bonds. The van der Waals surface area contributed by atoms with Gasteiger partial charge in [-0.15, -0.1) is 0 Å². The largest absolute Gasteiger partial charge is 0.490 e. The minimum Gasteiger partial charge on any atom is -0.490 e. The zero-order chi connectivity index (χ0) is 20.9. The third-order valence-corrected chi connectivity index (χ3v) is 4.26. The van der Waals surface area contributed by atoms with Gasteiger partial charge in [0.1, 0.15) is 5.71 Å². The van der Waals surface area contributed by atoms with Gasteiger partial charge in [-0.3, -0.25) is 21.3 Å². The minimum atomic E-state index is -0.414. The van der Waals surface area contributed by atoms with Crippen LogP contribution in [0.1, 0.15) is 24.8 Å². The Morgan fingerprint density at radius 3 is 2.43 bits per heavy atom. The molecule has 0 spiro atoms. The topological polar surface area (TPSA) is 152 Å². The van der Waals surface area contributed by atoms with Gasteiger partial charge in [0.25, 0.3) is 11.7 Å². The van der Waals surface area contributed by atoms with Crippen LogP contribution in [0.25, 0.3) is 0 Å². The molecular formula is C18H29Cl2N6O2+. The first-order chi connectivity index (χ1) is 13.3. The molecule has 0 saturated heterocycles. The highest BCUT2D eigenvalue weighted by atomic mass is 35.5. The van der Waals surface area contributed by atoms with Crippen molar-refractivity contribution >= 4 is 40.7 Å². The van der Waals surface area contributed by atoms with Gasteiger partial charge in [0, 0.05) is 13.0 Å². The van der Waals surface area contributed by atoms with E-state index in [0.717, 1.165) is 19.4 Å². The smallest absolute Gasteiger partial charge is 0.265 e. The van der Waals surface area contributed by atoms with Crippen molar-refractivity contribution in [3.63, 3.8) is 0 Å². The van der Waals surface area contributed by atoms with Crippen molar-refractivity contribution < 1.29 is 14.9 Å². The van der Waals surface area contributed by atoms with Crippen molar-refractivity contribution in [2.24, 2.45) is 11.5 Å². The van der Waals surface area contributed by atoms with Crippen molar-refractivity contribution in [1.29, 1.82) is 5.41 Å². The summed E-state index contributed by atoms with van der Waals surface area (Å²) in [6.07, 6.45) is 2.46. The van der Waals surface area contributed by atoms with Crippen molar-refractivity contribution in [2.75, 3.05) is 32.8 Å². The molecule has 1 rings (SSSR count). The van der Waals surface area contributed by atoms with Crippen LogP contribution in [0.5, 0.6) is 5.75 Å². The number of hydrogen-bond acceptors (Lipinski definition) is 5. The number of halogens is 2. The summed E-state index contributed by atoms with van der Waals surface area (Å²) >= 11 is 12.4. The van der Waals surface area contributed by atoms with E-state index in [2.05, 4.69) is 10.6 Å². The molecule has 10 heteroatoms. The van der Waals surface area contributed by atoms with Crippen LogP contribution in [-0.4, -0.2) is 50.2 Å². The summed E-state index contributed by atoms with van der Waals surface area (Å²) in [4.78, 5) is 12.0. The first-order valence-corrected chi connectivity index (χ1v) is 9.84. The lowest BCUT2D eigenvalue weighted by atomic mass is 10.1. The quantitative estimate of drug-likeness (QED) is 0.138. The van der Waals surface area contributed by atoms with Gasteiger partial charge in [-0.25, -0.2) is 0 Å². The first kappa shape index (κ1) is 24.2. The second-order valence-corrected chi connectivity index (χ2v) is 7.06. The predicted octanol–water partition coefficient (Wildman–Crippen LogP) is -0.114. The van der Waals surface area contributed by atoms with Crippen LogP contribution >= 0.6 is 23.2 Å². The molecule has 0 atom stereocenters. The van der Waals surface area contributed by atoms with E-state index < -0.39 is 5.91 Å². The maximum absolute atomic E-state index is 12.0. The molecule has 0 aliphatic heterocycles. The third-order valence-electron chi connectivity index (χ3n) is 3.70. The second kappa shape index (κ2) is 13.3. The molecule has 0 heterocycles. The average molecular weight is 432 g/mol. The number of hydrogen-bond donors (Lipinski definition) is 6. The molecule has 28 heavy (non-hydrogen) atoms. The Morgan fingerprint density at radius 2 is 1.82 bits per heavy atom. The van der Waals surface area contributed by atoms with Gasteiger partial charge in [-0.2, -0.15) is 0 Å². The zero-order valence-corrected chi connectivity index (χ0v) is 17.3. The Balaban J connectivity index is 2.40. The number of rotatable bonds is 14. The summed E-state index contributed by atoms with van der Waals surface area (Å²) in [5.74, 6) is 0.319. The minimum absolute atomic E-state index is 0.0624. The number of nitrogens with two attached hydrogens (primary N) is 3. The van der Waals surface area contributed by atoms with Crippen molar-refractivity contribution in [3.8, 4) is 5.75 Å². The number of nitrogens with one attached hydrogen (secondary N) is 3. The lowest BCUT2D eigenvalue weighted by Crippen LogP contribution is -2.51. The van der Waals surface area contributed by atoms with Crippen molar-refractivity contribution in [1.82, 2.24) is 10.6 Å². The number of carbonyl (C=O) groups excluding carboxylic acids is 1. The third kappa shape index (κ3) is 9.36. The number of benzene rings is 1. The van der Waals surface area contributed by atoms with Crippen molar-refractivity contribution in [3.05, 3.63) is 27.7 Å². The Morgan fingerprint density at radius 1 is 1.18 bits per heavy atom. The molecule has 0 saturated carbocycles. The average Bonchev–Trinajstić information content (AvgIpc) is 2.62. The van der Waals surface area contributed by atoms with E-state index in [1.165, 1.54) is 0 Å². The van der Waals surface area contributed by atoms with Crippen LogP contribution in [0.2, 0.25) is 10.0 Å². The molecule has 1 aromatic rings. The lowest BCUT2D eigenvalue weighted by Gasteiger charge is -2.12. The first-order valence-electron chi connectivity index (χ1n) is 9.09. The van der Waals surface area contributed by atoms with Gasteiger partial charge >= 0.3 is 0 Å². The van der Waals surface area contributed by atoms with E-state index in [-0.39, 0.29) is 12.1 Å². The molecule has 8 nitrogen and oxygen atoms in total. The fourth-order valence-electron chi connectivity index (χ4n) is 2.31. The Labute approximate surface area is 175 Å². The van der Waals surface area contributed by atoms with Crippen LogP contribution in [0.15, 0.2) is 12.1 Å². The summed E-state index contributed by atoms with van der Waals surface area (Å²) in [5, 5.41) is 19.8. The van der Waals surface area contributed by atoms with Crippen LogP contribution in [-0.2, 0) is 11.2 Å². The summed E-state index contributed by atoms with van der Waals surface area (Å²) in [6, 6.07) is 3.30. The number of ether oxygens (including phenoxy) is 1.